The zero-order valence-electron chi connectivity index (χ0n) is 30.1. The minimum atomic E-state index is -1.36. The lowest BCUT2D eigenvalue weighted by molar-refractivity contribution is -0.273. The van der Waals surface area contributed by atoms with E-state index in [1.165, 1.54) is 0 Å². The minimum absolute atomic E-state index is 0.0585. The van der Waals surface area contributed by atoms with Crippen molar-refractivity contribution in [3.63, 3.8) is 0 Å². The minimum Gasteiger partial charge on any atom is -0.463 e. The summed E-state index contributed by atoms with van der Waals surface area (Å²) < 4.78 is 39.6. The molecule has 0 aromatic heterocycles. The number of hydrogen-bond acceptors (Lipinski definition) is 15. The molecule has 0 amide bonds. The van der Waals surface area contributed by atoms with Crippen LogP contribution in [0.3, 0.4) is 0 Å². The Hall–Kier alpha value is -3.58. The lowest BCUT2D eigenvalue weighted by Crippen LogP contribution is -2.67. The molecule has 0 saturated carbocycles. The molecule has 2 N–H and O–H groups in total. The first-order valence-corrected chi connectivity index (χ1v) is 17.6. The van der Waals surface area contributed by atoms with Crippen molar-refractivity contribution in [1.82, 2.24) is 5.32 Å². The lowest BCUT2D eigenvalue weighted by Gasteiger charge is -2.45. The molecule has 1 saturated heterocycles. The summed E-state index contributed by atoms with van der Waals surface area (Å²) in [4.78, 5) is 62.2. The summed E-state index contributed by atoms with van der Waals surface area (Å²) in [6.45, 7) is 12.0. The van der Waals surface area contributed by atoms with Crippen molar-refractivity contribution in [3.8, 4) is 6.07 Å². The topological polar surface area (TPSA) is 206 Å². The van der Waals surface area contributed by atoms with Gasteiger partial charge in [-0.1, -0.05) is 34.3 Å². The summed E-state index contributed by atoms with van der Waals surface area (Å²) in [6, 6.07) is 0.563. The van der Waals surface area contributed by atoms with Crippen LogP contribution in [0.15, 0.2) is 12.2 Å². The molecule has 1 heterocycles. The van der Waals surface area contributed by atoms with Crippen LogP contribution in [0.2, 0.25) is 0 Å². The third-order valence-electron chi connectivity index (χ3n) is 7.39. The van der Waals surface area contributed by atoms with E-state index in [-0.39, 0.29) is 51.0 Å². The molecular weight excluding hydrogens is 656 g/mol. The van der Waals surface area contributed by atoms with E-state index in [2.05, 4.69) is 11.9 Å². The molecule has 0 aromatic carbocycles. The first kappa shape index (κ1) is 44.4. The zero-order valence-corrected chi connectivity index (χ0v) is 30.1. The highest BCUT2D eigenvalue weighted by molar-refractivity contribution is 5.92. The van der Waals surface area contributed by atoms with Gasteiger partial charge in [-0.05, 0) is 51.9 Å². The quantitative estimate of drug-likeness (QED) is 0.0458. The Kier molecular flexibility index (Phi) is 22.6. The van der Waals surface area contributed by atoms with Gasteiger partial charge in [-0.2, -0.15) is 5.26 Å². The van der Waals surface area contributed by atoms with Crippen molar-refractivity contribution in [1.29, 1.82) is 5.26 Å². The summed E-state index contributed by atoms with van der Waals surface area (Å²) in [7, 11) is 0. The number of esters is 5. The molecule has 2 unspecified atom stereocenters. The number of ether oxygens (including phenoxy) is 7. The van der Waals surface area contributed by atoms with Gasteiger partial charge in [0.15, 0.2) is 12.2 Å². The second-order valence-corrected chi connectivity index (χ2v) is 12.1. The Morgan fingerprint density at radius 2 is 1.42 bits per heavy atom. The maximum atomic E-state index is 12.9. The Morgan fingerprint density at radius 3 is 2.00 bits per heavy atom. The highest BCUT2D eigenvalue weighted by Crippen LogP contribution is 2.29. The van der Waals surface area contributed by atoms with E-state index in [4.69, 9.17) is 38.4 Å². The largest absolute Gasteiger partial charge is 0.463 e. The molecule has 0 radical (unpaired) electrons. The number of nitrogens with zero attached hydrogens (tertiary/aromatic N) is 1. The molecule has 1 aliphatic heterocycles. The van der Waals surface area contributed by atoms with E-state index in [0.29, 0.717) is 51.6 Å². The second kappa shape index (κ2) is 25.4. The number of carbonyl (C=O) groups excluding carboxylic acids is 5. The number of nitriles is 1. The van der Waals surface area contributed by atoms with Gasteiger partial charge in [-0.25, -0.2) is 4.79 Å². The number of carbonyl (C=O) groups is 5. The fourth-order valence-corrected chi connectivity index (χ4v) is 4.85. The summed E-state index contributed by atoms with van der Waals surface area (Å²) in [6.07, 6.45) is -2.30. The standard InChI is InChI=1S/C35H56N2O13/c1-7-13-27(39)45-22-26-32(48-28(40)14-8-2)33(49-29(41)15-9-3)31(35(47-26)50-30(42)16-10-4)37-20-25(38)21-44-18-12-11-17-24(6)46-34(43)23(5)19-36/h24-26,31-33,35,37-38H,5,7-18,20-22H2,1-4,6H3/t24?,25?,26-,31+,32-,33-,35+/m1/s1. The Balaban J connectivity index is 3.07. The molecule has 15 heteroatoms. The highest BCUT2D eigenvalue weighted by Gasteiger charge is 2.52. The van der Waals surface area contributed by atoms with Crippen molar-refractivity contribution >= 4 is 29.8 Å². The van der Waals surface area contributed by atoms with E-state index in [9.17, 15) is 29.1 Å². The fourth-order valence-electron chi connectivity index (χ4n) is 4.85. The fraction of sp³-hybridized carbons (Fsp3) is 0.771. The van der Waals surface area contributed by atoms with Crippen molar-refractivity contribution < 1.29 is 62.2 Å². The van der Waals surface area contributed by atoms with Gasteiger partial charge in [-0.3, -0.25) is 19.2 Å². The number of aliphatic hydroxyl groups is 1. The summed E-state index contributed by atoms with van der Waals surface area (Å²) in [5, 5.41) is 22.6. The van der Waals surface area contributed by atoms with Crippen LogP contribution in [0.5, 0.6) is 0 Å². The highest BCUT2D eigenvalue weighted by atomic mass is 16.7. The first-order chi connectivity index (χ1) is 23.9. The van der Waals surface area contributed by atoms with E-state index >= 15 is 0 Å². The number of rotatable bonds is 25. The van der Waals surface area contributed by atoms with E-state index in [1.807, 2.05) is 6.92 Å². The van der Waals surface area contributed by atoms with Gasteiger partial charge in [0.25, 0.3) is 0 Å². The SMILES string of the molecule is C=C(C#N)C(=O)OC(C)CCCCOCC(O)CN[C@@H]1[C@H](OC(=O)CCC)O[C@H](COC(=O)CCC)[C@@H](OC(=O)CCC)[C@@H]1OC(=O)CCC. The summed E-state index contributed by atoms with van der Waals surface area (Å²) in [5.41, 5.74) is -0.265. The normalized spacial score (nSPS) is 21.2. The summed E-state index contributed by atoms with van der Waals surface area (Å²) in [5.74, 6) is -3.02. The Bertz CT molecular complexity index is 1120. The Morgan fingerprint density at radius 1 is 0.860 bits per heavy atom. The number of unbranched alkanes of at least 4 members (excludes halogenated alkanes) is 1. The van der Waals surface area contributed by atoms with Gasteiger partial charge in [-0.15, -0.1) is 0 Å². The van der Waals surface area contributed by atoms with Gasteiger partial charge in [0.2, 0.25) is 6.29 Å². The molecule has 7 atom stereocenters. The van der Waals surface area contributed by atoms with Crippen LogP contribution in [0.1, 0.15) is 105 Å². The van der Waals surface area contributed by atoms with Gasteiger partial charge >= 0.3 is 29.8 Å². The zero-order chi connectivity index (χ0) is 37.5. The molecule has 1 fully saturated rings. The van der Waals surface area contributed by atoms with Crippen molar-refractivity contribution in [2.45, 2.75) is 148 Å². The maximum Gasteiger partial charge on any atom is 0.348 e. The van der Waals surface area contributed by atoms with Gasteiger partial charge in [0.1, 0.15) is 30.4 Å². The molecular formula is C35H56N2O13. The predicted octanol–water partition coefficient (Wildman–Crippen LogP) is 3.34. The van der Waals surface area contributed by atoms with Gasteiger partial charge < -0.3 is 43.6 Å². The Labute approximate surface area is 295 Å². The third-order valence-corrected chi connectivity index (χ3v) is 7.39. The molecule has 0 aromatic rings. The second-order valence-electron chi connectivity index (χ2n) is 12.1. The monoisotopic (exact) mass is 712 g/mol. The summed E-state index contributed by atoms with van der Waals surface area (Å²) >= 11 is 0. The first-order valence-electron chi connectivity index (χ1n) is 17.6. The molecule has 50 heavy (non-hydrogen) atoms. The van der Waals surface area contributed by atoms with E-state index in [1.54, 1.807) is 33.8 Å². The molecule has 0 aliphatic carbocycles. The number of nitrogens with one attached hydrogen (secondary N) is 1. The average Bonchev–Trinajstić information content (AvgIpc) is 3.06. The van der Waals surface area contributed by atoms with Crippen LogP contribution in [-0.2, 0) is 57.1 Å². The maximum absolute atomic E-state index is 12.9. The van der Waals surface area contributed by atoms with Crippen LogP contribution in [0, 0.1) is 11.3 Å². The average molecular weight is 713 g/mol. The van der Waals surface area contributed by atoms with Crippen LogP contribution in [0.25, 0.3) is 0 Å². The molecule has 0 spiro atoms. The predicted molar refractivity (Wildman–Crippen MR) is 178 cm³/mol. The van der Waals surface area contributed by atoms with Crippen LogP contribution in [-0.4, -0.2) is 104 Å². The van der Waals surface area contributed by atoms with E-state index in [0.717, 1.165) is 0 Å². The van der Waals surface area contributed by atoms with Gasteiger partial charge in [0, 0.05) is 38.8 Å². The van der Waals surface area contributed by atoms with Crippen molar-refractivity contribution in [3.05, 3.63) is 12.2 Å². The van der Waals surface area contributed by atoms with Crippen LogP contribution >= 0.6 is 0 Å². The van der Waals surface area contributed by atoms with Crippen LogP contribution in [0.4, 0.5) is 0 Å². The van der Waals surface area contributed by atoms with Crippen molar-refractivity contribution in [2.24, 2.45) is 0 Å². The van der Waals surface area contributed by atoms with E-state index < -0.39 is 72.7 Å². The molecule has 15 nitrogen and oxygen atoms in total. The smallest absolute Gasteiger partial charge is 0.348 e. The number of aliphatic hydroxyl groups excluding tert-OH is 1. The molecule has 284 valence electrons. The lowest BCUT2D eigenvalue weighted by atomic mass is 9.95. The molecule has 1 aliphatic rings. The molecule has 1 rings (SSSR count). The van der Waals surface area contributed by atoms with Crippen LogP contribution < -0.4 is 5.32 Å². The van der Waals surface area contributed by atoms with Crippen molar-refractivity contribution in [2.75, 3.05) is 26.4 Å². The van der Waals surface area contributed by atoms with Gasteiger partial charge in [0.05, 0.1) is 18.8 Å². The molecule has 0 bridgehead atoms. The third kappa shape index (κ3) is 17.4. The number of hydrogen-bond donors (Lipinski definition) is 2.